The van der Waals surface area contributed by atoms with E-state index in [4.69, 9.17) is 0 Å². The van der Waals surface area contributed by atoms with Crippen LogP contribution in [0.2, 0.25) is 0 Å². The van der Waals surface area contributed by atoms with Gasteiger partial charge in [-0.25, -0.2) is 4.98 Å². The second kappa shape index (κ2) is 6.07. The molecule has 0 atom stereocenters. The van der Waals surface area contributed by atoms with E-state index in [-0.39, 0.29) is 5.91 Å². The van der Waals surface area contributed by atoms with Gasteiger partial charge >= 0.3 is 0 Å². The zero-order valence-corrected chi connectivity index (χ0v) is 12.7. The third-order valence-corrected chi connectivity index (χ3v) is 3.46. The van der Waals surface area contributed by atoms with E-state index in [1.807, 2.05) is 14.0 Å². The Kier molecular flexibility index (Phi) is 4.42. The molecule has 20 heavy (non-hydrogen) atoms. The van der Waals surface area contributed by atoms with E-state index in [1.54, 1.807) is 0 Å². The summed E-state index contributed by atoms with van der Waals surface area (Å²) in [5.74, 6) is 1.60. The third kappa shape index (κ3) is 3.00. The quantitative estimate of drug-likeness (QED) is 0.910. The number of rotatable bonds is 5. The average Bonchev–Trinajstić information content (AvgIpc) is 2.74. The van der Waals surface area contributed by atoms with E-state index in [1.165, 1.54) is 0 Å². The highest BCUT2D eigenvalue weighted by Crippen LogP contribution is 2.21. The summed E-state index contributed by atoms with van der Waals surface area (Å²) in [6, 6.07) is 6.20. The third-order valence-electron chi connectivity index (χ3n) is 3.46. The number of aryl methyl sites for hydroxylation is 1. The van der Waals surface area contributed by atoms with Crippen molar-refractivity contribution in [1.29, 1.82) is 0 Å². The van der Waals surface area contributed by atoms with Gasteiger partial charge in [0.1, 0.15) is 5.82 Å². The number of nitrogens with zero attached hydrogens (tertiary/aromatic N) is 2. The van der Waals surface area contributed by atoms with Gasteiger partial charge in [0, 0.05) is 25.9 Å². The maximum atomic E-state index is 11.5. The number of hydrogen-bond donors (Lipinski definition) is 1. The molecule has 1 N–H and O–H groups in total. The maximum absolute atomic E-state index is 11.5. The van der Waals surface area contributed by atoms with Crippen LogP contribution in [0.5, 0.6) is 0 Å². The zero-order valence-electron chi connectivity index (χ0n) is 12.7. The number of fused-ring (bicyclic) bond motifs is 1. The summed E-state index contributed by atoms with van der Waals surface area (Å²) in [5, 5.41) is 2.94. The van der Waals surface area contributed by atoms with Gasteiger partial charge in [-0.15, -0.1) is 0 Å². The SMILES string of the molecule is CCCC(=O)NCc1ccc2c(c1)nc(C(C)C)n2C. The molecule has 0 aliphatic heterocycles. The first-order chi connectivity index (χ1) is 9.52. The molecule has 1 amide bonds. The Bertz CT molecular complexity index is 613. The summed E-state index contributed by atoms with van der Waals surface area (Å²) in [5.41, 5.74) is 3.23. The van der Waals surface area contributed by atoms with Crippen molar-refractivity contribution in [1.82, 2.24) is 14.9 Å². The van der Waals surface area contributed by atoms with Crippen LogP contribution in [0.4, 0.5) is 0 Å². The lowest BCUT2D eigenvalue weighted by Gasteiger charge is -2.05. The number of imidazole rings is 1. The largest absolute Gasteiger partial charge is 0.352 e. The molecule has 2 aromatic rings. The van der Waals surface area contributed by atoms with Crippen LogP contribution in [0.3, 0.4) is 0 Å². The molecule has 0 fully saturated rings. The predicted octanol–water partition coefficient (Wildman–Crippen LogP) is 3.11. The molecule has 4 nitrogen and oxygen atoms in total. The second-order valence-electron chi connectivity index (χ2n) is 5.53. The van der Waals surface area contributed by atoms with Crippen molar-refractivity contribution in [3.63, 3.8) is 0 Å². The van der Waals surface area contributed by atoms with Crippen LogP contribution in [0.1, 0.15) is 50.9 Å². The summed E-state index contributed by atoms with van der Waals surface area (Å²) in [7, 11) is 2.05. The van der Waals surface area contributed by atoms with Gasteiger partial charge in [-0.1, -0.05) is 26.8 Å². The molecule has 0 aliphatic carbocycles. The molecule has 0 unspecified atom stereocenters. The zero-order chi connectivity index (χ0) is 14.7. The highest BCUT2D eigenvalue weighted by atomic mass is 16.1. The number of aromatic nitrogens is 2. The topological polar surface area (TPSA) is 46.9 Å². The van der Waals surface area contributed by atoms with Gasteiger partial charge in [0.15, 0.2) is 0 Å². The molecule has 0 saturated heterocycles. The van der Waals surface area contributed by atoms with Crippen molar-refractivity contribution in [3.05, 3.63) is 29.6 Å². The summed E-state index contributed by atoms with van der Waals surface area (Å²) < 4.78 is 2.14. The first-order valence-corrected chi connectivity index (χ1v) is 7.24. The predicted molar refractivity (Wildman–Crippen MR) is 81.6 cm³/mol. The number of benzene rings is 1. The van der Waals surface area contributed by atoms with Crippen molar-refractivity contribution < 1.29 is 4.79 Å². The van der Waals surface area contributed by atoms with E-state index in [0.29, 0.717) is 18.9 Å². The first-order valence-electron chi connectivity index (χ1n) is 7.24. The molecule has 2 rings (SSSR count). The first kappa shape index (κ1) is 14.6. The summed E-state index contributed by atoms with van der Waals surface area (Å²) in [6.07, 6.45) is 1.46. The molecule has 0 aliphatic rings. The minimum Gasteiger partial charge on any atom is -0.352 e. The fourth-order valence-electron chi connectivity index (χ4n) is 2.41. The Balaban J connectivity index is 2.19. The lowest BCUT2D eigenvalue weighted by atomic mass is 10.2. The Morgan fingerprint density at radius 1 is 1.40 bits per heavy atom. The van der Waals surface area contributed by atoms with E-state index >= 15 is 0 Å². The molecule has 0 bridgehead atoms. The smallest absolute Gasteiger partial charge is 0.220 e. The summed E-state index contributed by atoms with van der Waals surface area (Å²) in [4.78, 5) is 16.2. The average molecular weight is 273 g/mol. The minimum atomic E-state index is 0.108. The van der Waals surface area contributed by atoms with Gasteiger partial charge < -0.3 is 9.88 Å². The number of nitrogens with one attached hydrogen (secondary N) is 1. The van der Waals surface area contributed by atoms with Crippen molar-refractivity contribution >= 4 is 16.9 Å². The van der Waals surface area contributed by atoms with Crippen molar-refractivity contribution in [3.8, 4) is 0 Å². The van der Waals surface area contributed by atoms with Crippen LogP contribution in [0, 0.1) is 0 Å². The maximum Gasteiger partial charge on any atom is 0.220 e. The molecule has 0 radical (unpaired) electrons. The van der Waals surface area contributed by atoms with Crippen molar-refractivity contribution in [2.45, 2.75) is 46.1 Å². The van der Waals surface area contributed by atoms with E-state index in [0.717, 1.165) is 28.8 Å². The Labute approximate surface area is 120 Å². The number of carbonyl (C=O) groups is 1. The summed E-state index contributed by atoms with van der Waals surface area (Å²) >= 11 is 0. The fraction of sp³-hybridized carbons (Fsp3) is 0.500. The molecule has 4 heteroatoms. The molecular weight excluding hydrogens is 250 g/mol. The molecule has 0 saturated carbocycles. The van der Waals surface area contributed by atoms with Crippen LogP contribution >= 0.6 is 0 Å². The van der Waals surface area contributed by atoms with Crippen LogP contribution in [-0.2, 0) is 18.4 Å². The van der Waals surface area contributed by atoms with Gasteiger partial charge in [-0.05, 0) is 24.1 Å². The monoisotopic (exact) mass is 273 g/mol. The van der Waals surface area contributed by atoms with Gasteiger partial charge in [0.25, 0.3) is 0 Å². The standard InChI is InChI=1S/C16H23N3O/c1-5-6-15(20)17-10-12-7-8-14-13(9-12)18-16(11(2)3)19(14)4/h7-9,11H,5-6,10H2,1-4H3,(H,17,20). The van der Waals surface area contributed by atoms with Gasteiger partial charge in [0.2, 0.25) is 5.91 Å². The number of hydrogen-bond acceptors (Lipinski definition) is 2. The highest BCUT2D eigenvalue weighted by Gasteiger charge is 2.11. The van der Waals surface area contributed by atoms with Gasteiger partial charge in [-0.2, -0.15) is 0 Å². The Morgan fingerprint density at radius 3 is 2.80 bits per heavy atom. The van der Waals surface area contributed by atoms with Gasteiger partial charge in [-0.3, -0.25) is 4.79 Å². The van der Waals surface area contributed by atoms with Crippen LogP contribution in [0.15, 0.2) is 18.2 Å². The van der Waals surface area contributed by atoms with E-state index in [9.17, 15) is 4.79 Å². The van der Waals surface area contributed by atoms with Crippen molar-refractivity contribution in [2.75, 3.05) is 0 Å². The number of carbonyl (C=O) groups excluding carboxylic acids is 1. The van der Waals surface area contributed by atoms with Crippen LogP contribution in [-0.4, -0.2) is 15.5 Å². The second-order valence-corrected chi connectivity index (χ2v) is 5.53. The normalized spacial score (nSPS) is 11.2. The van der Waals surface area contributed by atoms with E-state index in [2.05, 4.69) is 46.9 Å². The molecule has 1 heterocycles. The Morgan fingerprint density at radius 2 is 2.15 bits per heavy atom. The van der Waals surface area contributed by atoms with Crippen molar-refractivity contribution in [2.24, 2.45) is 7.05 Å². The molecule has 1 aromatic carbocycles. The summed E-state index contributed by atoms with van der Waals surface area (Å²) in [6.45, 7) is 6.87. The molecular formula is C16H23N3O. The molecule has 1 aromatic heterocycles. The molecule has 0 spiro atoms. The lowest BCUT2D eigenvalue weighted by Crippen LogP contribution is -2.21. The lowest BCUT2D eigenvalue weighted by molar-refractivity contribution is -0.121. The molecule has 108 valence electrons. The van der Waals surface area contributed by atoms with E-state index < -0.39 is 0 Å². The van der Waals surface area contributed by atoms with Crippen LogP contribution in [0.25, 0.3) is 11.0 Å². The Hall–Kier alpha value is -1.84. The van der Waals surface area contributed by atoms with Gasteiger partial charge in [0.05, 0.1) is 11.0 Å². The fourth-order valence-corrected chi connectivity index (χ4v) is 2.41. The highest BCUT2D eigenvalue weighted by molar-refractivity contribution is 5.78. The minimum absolute atomic E-state index is 0.108. The van der Waals surface area contributed by atoms with Crippen LogP contribution < -0.4 is 5.32 Å². The number of amides is 1.